The number of hydroxylamine groups is 2. The lowest BCUT2D eigenvalue weighted by atomic mass is 9.97. The smallest absolute Gasteiger partial charge is 0.356 e. The number of imide groups is 1. The number of nitrogens with one attached hydrogen (secondary N) is 2. The number of carbonyl (C=O) groups is 6. The Balaban J connectivity index is 1.53. The molecular weight excluding hydrogens is 527 g/mol. The molecule has 1 aromatic rings. The maximum atomic E-state index is 13.9. The van der Waals surface area contributed by atoms with Gasteiger partial charge in [0.1, 0.15) is 31.4 Å². The Morgan fingerprint density at radius 2 is 1.80 bits per heavy atom. The van der Waals surface area contributed by atoms with Gasteiger partial charge in [-0.05, 0) is 29.9 Å². The summed E-state index contributed by atoms with van der Waals surface area (Å²) in [7, 11) is 0. The molecular formula is C27H33FN4O8. The van der Waals surface area contributed by atoms with Gasteiger partial charge in [0.2, 0.25) is 17.7 Å². The number of ether oxygens (including phenoxy) is 1. The molecule has 13 heteroatoms. The summed E-state index contributed by atoms with van der Waals surface area (Å²) in [5.41, 5.74) is 2.10. The molecule has 0 bridgehead atoms. The van der Waals surface area contributed by atoms with Crippen molar-refractivity contribution in [2.75, 3.05) is 24.8 Å². The normalized spacial score (nSPS) is 21.5. The molecule has 0 spiro atoms. The van der Waals surface area contributed by atoms with E-state index in [4.69, 9.17) is 9.57 Å². The zero-order valence-corrected chi connectivity index (χ0v) is 22.4. The predicted octanol–water partition coefficient (Wildman–Crippen LogP) is 0.500. The van der Waals surface area contributed by atoms with Crippen LogP contribution in [0.5, 0.6) is 0 Å². The minimum absolute atomic E-state index is 0.0617. The molecule has 3 heterocycles. The number of hydrogen-bond acceptors (Lipinski definition) is 8. The minimum Gasteiger partial charge on any atom is -0.369 e. The van der Waals surface area contributed by atoms with E-state index in [1.165, 1.54) is 4.90 Å². The lowest BCUT2D eigenvalue weighted by Crippen LogP contribution is -2.58. The highest BCUT2D eigenvalue weighted by Crippen LogP contribution is 2.39. The number of halogens is 1. The largest absolute Gasteiger partial charge is 0.369 e. The first kappa shape index (κ1) is 29.1. The summed E-state index contributed by atoms with van der Waals surface area (Å²) in [6.45, 7) is 2.22. The van der Waals surface area contributed by atoms with Crippen molar-refractivity contribution in [2.24, 2.45) is 5.92 Å². The molecule has 4 atom stereocenters. The predicted molar refractivity (Wildman–Crippen MR) is 137 cm³/mol. The van der Waals surface area contributed by atoms with Gasteiger partial charge in [-0.2, -0.15) is 0 Å². The van der Waals surface area contributed by atoms with Gasteiger partial charge in [0.25, 0.3) is 11.8 Å². The van der Waals surface area contributed by atoms with Gasteiger partial charge in [-0.1, -0.05) is 38.5 Å². The maximum Gasteiger partial charge on any atom is 0.356 e. The number of hydrogen-bond donors (Lipinski definition) is 2. The number of rotatable bonds is 11. The Hall–Kier alpha value is -3.87. The molecule has 3 aliphatic rings. The second kappa shape index (κ2) is 12.5. The molecule has 1 saturated heterocycles. The van der Waals surface area contributed by atoms with Crippen molar-refractivity contribution in [1.82, 2.24) is 15.7 Å². The van der Waals surface area contributed by atoms with Crippen LogP contribution in [-0.2, 0) is 51.2 Å². The Kier molecular flexibility index (Phi) is 9.13. The van der Waals surface area contributed by atoms with Crippen LogP contribution in [0.3, 0.4) is 0 Å². The van der Waals surface area contributed by atoms with Crippen molar-refractivity contribution in [1.29, 1.82) is 0 Å². The summed E-state index contributed by atoms with van der Waals surface area (Å²) < 4.78 is 17.2. The molecule has 12 nitrogen and oxygen atoms in total. The summed E-state index contributed by atoms with van der Waals surface area (Å²) in [6, 6.07) is 2.30. The Labute approximate surface area is 230 Å². The van der Waals surface area contributed by atoms with E-state index in [1.807, 2.05) is 19.1 Å². The number of para-hydroxylation sites is 1. The van der Waals surface area contributed by atoms with Crippen molar-refractivity contribution in [3.8, 4) is 0 Å². The van der Waals surface area contributed by atoms with Gasteiger partial charge in [0, 0.05) is 19.3 Å². The molecule has 1 aromatic carbocycles. The van der Waals surface area contributed by atoms with Gasteiger partial charge >= 0.3 is 5.97 Å². The van der Waals surface area contributed by atoms with E-state index in [0.717, 1.165) is 11.1 Å². The van der Waals surface area contributed by atoms with Crippen LogP contribution in [0.4, 0.5) is 10.1 Å². The van der Waals surface area contributed by atoms with Crippen LogP contribution in [0, 0.1) is 5.92 Å². The second-order valence-corrected chi connectivity index (χ2v) is 10.1. The molecule has 0 unspecified atom stereocenters. The number of amides is 5. The molecule has 0 saturated carbocycles. The fourth-order valence-electron chi connectivity index (χ4n) is 5.16. The molecule has 0 aliphatic carbocycles. The Morgan fingerprint density at radius 1 is 1.10 bits per heavy atom. The lowest BCUT2D eigenvalue weighted by molar-refractivity contribution is -0.198. The van der Waals surface area contributed by atoms with E-state index in [-0.39, 0.29) is 38.2 Å². The van der Waals surface area contributed by atoms with Crippen LogP contribution >= 0.6 is 0 Å². The highest BCUT2D eigenvalue weighted by molar-refractivity contribution is 6.08. The van der Waals surface area contributed by atoms with E-state index in [0.29, 0.717) is 23.6 Å². The van der Waals surface area contributed by atoms with Crippen LogP contribution in [-0.4, -0.2) is 78.6 Å². The zero-order valence-electron chi connectivity index (χ0n) is 22.4. The van der Waals surface area contributed by atoms with Crippen molar-refractivity contribution in [3.05, 3.63) is 29.3 Å². The van der Waals surface area contributed by atoms with Crippen molar-refractivity contribution in [2.45, 2.75) is 70.5 Å². The van der Waals surface area contributed by atoms with Gasteiger partial charge in [-0.3, -0.25) is 28.9 Å². The summed E-state index contributed by atoms with van der Waals surface area (Å²) >= 11 is 0. The molecule has 216 valence electrons. The molecule has 5 amide bonds. The van der Waals surface area contributed by atoms with Crippen molar-refractivity contribution < 1.29 is 42.7 Å². The summed E-state index contributed by atoms with van der Waals surface area (Å²) in [5.74, 6) is -4.19. The number of anilines is 1. The molecule has 4 rings (SSSR count). The second-order valence-electron chi connectivity index (χ2n) is 10.1. The van der Waals surface area contributed by atoms with Gasteiger partial charge in [0.05, 0.1) is 12.3 Å². The van der Waals surface area contributed by atoms with Gasteiger partial charge in [-0.15, -0.1) is 5.06 Å². The SMILES string of the molecule is CC[C@H](C)[C@H](NC(=O)COCCF)C(=O)N[C@H]1CCc2cccc3c2N(C1=O)[C@H](C(=O)ON1C(=O)CCC1=O)C3. The molecule has 3 aliphatic heterocycles. The zero-order chi connectivity index (χ0) is 29.0. The number of benzene rings is 1. The number of aryl methyl sites for hydroxylation is 1. The third-order valence-corrected chi connectivity index (χ3v) is 7.45. The third kappa shape index (κ3) is 5.98. The van der Waals surface area contributed by atoms with Crippen LogP contribution in [0.2, 0.25) is 0 Å². The summed E-state index contributed by atoms with van der Waals surface area (Å²) in [4.78, 5) is 83.2. The van der Waals surface area contributed by atoms with Gasteiger partial charge in [0.15, 0.2) is 0 Å². The maximum absolute atomic E-state index is 13.9. The fourth-order valence-corrected chi connectivity index (χ4v) is 5.16. The molecule has 2 N–H and O–H groups in total. The number of nitrogens with zero attached hydrogens (tertiary/aromatic N) is 2. The fraction of sp³-hybridized carbons (Fsp3) is 0.556. The van der Waals surface area contributed by atoms with E-state index >= 15 is 0 Å². The monoisotopic (exact) mass is 560 g/mol. The Morgan fingerprint density at radius 3 is 2.48 bits per heavy atom. The highest BCUT2D eigenvalue weighted by atomic mass is 19.1. The Bertz CT molecular complexity index is 1190. The van der Waals surface area contributed by atoms with E-state index in [2.05, 4.69) is 10.6 Å². The van der Waals surface area contributed by atoms with Gasteiger partial charge < -0.3 is 20.2 Å². The average molecular weight is 561 g/mol. The average Bonchev–Trinajstić information content (AvgIpc) is 3.44. The van der Waals surface area contributed by atoms with E-state index in [9.17, 15) is 33.2 Å². The van der Waals surface area contributed by atoms with E-state index < -0.39 is 66.9 Å². The number of alkyl halides is 1. The lowest BCUT2D eigenvalue weighted by Gasteiger charge is -2.29. The standard InChI is InChI=1S/C27H33FN4O8/c1-3-15(2)23(30-20(33)14-39-12-11-28)25(36)29-18-8-7-16-5-4-6-17-13-19(31(24(16)17)26(18)37)27(38)40-32-21(34)9-10-22(32)35/h4-6,15,18-19,23H,3,7-14H2,1-2H3,(H,29,36)(H,30,33)/t15-,18-,19-,23-/m0/s1. The first-order chi connectivity index (χ1) is 19.2. The first-order valence-electron chi connectivity index (χ1n) is 13.4. The molecule has 0 radical (unpaired) electrons. The van der Waals surface area contributed by atoms with Crippen LogP contribution < -0.4 is 15.5 Å². The minimum atomic E-state index is -1.14. The topological polar surface area (TPSA) is 151 Å². The highest BCUT2D eigenvalue weighted by Gasteiger charge is 2.47. The molecule has 40 heavy (non-hydrogen) atoms. The van der Waals surface area contributed by atoms with Gasteiger partial charge in [-0.25, -0.2) is 9.18 Å². The van der Waals surface area contributed by atoms with Crippen LogP contribution in [0.25, 0.3) is 0 Å². The van der Waals surface area contributed by atoms with E-state index in [1.54, 1.807) is 13.0 Å². The molecule has 1 fully saturated rings. The van der Waals surface area contributed by atoms with Crippen LogP contribution in [0.15, 0.2) is 18.2 Å². The van der Waals surface area contributed by atoms with Crippen LogP contribution in [0.1, 0.15) is 50.7 Å². The van der Waals surface area contributed by atoms with Crippen molar-refractivity contribution >= 4 is 41.2 Å². The third-order valence-electron chi connectivity index (χ3n) is 7.45. The summed E-state index contributed by atoms with van der Waals surface area (Å²) in [6.07, 6.45) is 1.21. The number of carbonyl (C=O) groups excluding carboxylic acids is 6. The molecule has 0 aromatic heterocycles. The quantitative estimate of drug-likeness (QED) is 0.293. The first-order valence-corrected chi connectivity index (χ1v) is 13.4. The van der Waals surface area contributed by atoms with Crippen molar-refractivity contribution in [3.63, 3.8) is 0 Å². The summed E-state index contributed by atoms with van der Waals surface area (Å²) in [5, 5.41) is 5.81.